The smallest absolute Gasteiger partial charge is 0.126 e. The first kappa shape index (κ1) is 8.31. The van der Waals surface area contributed by atoms with E-state index in [9.17, 15) is 4.39 Å². The van der Waals surface area contributed by atoms with Crippen LogP contribution in [0.3, 0.4) is 0 Å². The second kappa shape index (κ2) is 3.62. The maximum atomic E-state index is 12.7. The Morgan fingerprint density at radius 2 is 2.23 bits per heavy atom. The maximum absolute atomic E-state index is 12.7. The molecule has 0 aliphatic heterocycles. The average Bonchev–Trinajstić information content (AvgIpc) is 2.57. The summed E-state index contributed by atoms with van der Waals surface area (Å²) >= 11 is 1.55. The van der Waals surface area contributed by atoms with E-state index < -0.39 is 0 Å². The van der Waals surface area contributed by atoms with Gasteiger partial charge >= 0.3 is 0 Å². The highest BCUT2D eigenvalue weighted by Crippen LogP contribution is 2.10. The Morgan fingerprint density at radius 1 is 1.31 bits per heavy atom. The maximum Gasteiger partial charge on any atom is 0.126 e. The predicted molar refractivity (Wildman–Crippen MR) is 49.1 cm³/mol. The van der Waals surface area contributed by atoms with Crippen LogP contribution < -0.4 is 0 Å². The molecule has 0 unspecified atom stereocenters. The van der Waals surface area contributed by atoms with Crippen molar-refractivity contribution in [1.82, 2.24) is 9.97 Å². The van der Waals surface area contributed by atoms with Crippen LogP contribution in [0, 0.1) is 5.82 Å². The van der Waals surface area contributed by atoms with E-state index in [0.717, 1.165) is 10.7 Å². The molecule has 2 heterocycles. The summed E-state index contributed by atoms with van der Waals surface area (Å²) in [6.07, 6.45) is 3.81. The van der Waals surface area contributed by atoms with Crippen molar-refractivity contribution in [2.24, 2.45) is 0 Å². The molecule has 0 amide bonds. The standard InChI is InChI=1S/C9H7FN2S/c10-7-1-2-11-8(5-7)6-9-12-3-4-13-9/h1-5H,6H2. The Kier molecular flexibility index (Phi) is 2.31. The molecule has 0 atom stereocenters. The summed E-state index contributed by atoms with van der Waals surface area (Å²) in [5.41, 5.74) is 0.718. The van der Waals surface area contributed by atoms with Crippen LogP contribution >= 0.6 is 11.3 Å². The molecule has 2 aromatic rings. The molecule has 0 aliphatic carbocycles. The van der Waals surface area contributed by atoms with Crippen LogP contribution in [0.2, 0.25) is 0 Å². The molecule has 2 aromatic heterocycles. The van der Waals surface area contributed by atoms with Crippen molar-refractivity contribution in [3.63, 3.8) is 0 Å². The van der Waals surface area contributed by atoms with E-state index in [2.05, 4.69) is 9.97 Å². The molecule has 0 aromatic carbocycles. The zero-order chi connectivity index (χ0) is 9.10. The molecule has 0 radical (unpaired) electrons. The van der Waals surface area contributed by atoms with Crippen molar-refractivity contribution < 1.29 is 4.39 Å². The van der Waals surface area contributed by atoms with Gasteiger partial charge in [-0.15, -0.1) is 11.3 Å². The fourth-order valence-electron chi connectivity index (χ4n) is 1.04. The van der Waals surface area contributed by atoms with E-state index in [0.29, 0.717) is 6.42 Å². The molecule has 4 heteroatoms. The Hall–Kier alpha value is -1.29. The average molecular weight is 194 g/mol. The first-order chi connectivity index (χ1) is 6.34. The summed E-state index contributed by atoms with van der Waals surface area (Å²) < 4.78 is 12.7. The highest BCUT2D eigenvalue weighted by atomic mass is 32.1. The van der Waals surface area contributed by atoms with Gasteiger partial charge in [0.05, 0.1) is 10.7 Å². The van der Waals surface area contributed by atoms with Gasteiger partial charge in [0.15, 0.2) is 0 Å². The van der Waals surface area contributed by atoms with Crippen molar-refractivity contribution in [2.45, 2.75) is 6.42 Å². The third-order valence-corrected chi connectivity index (χ3v) is 2.37. The van der Waals surface area contributed by atoms with Crippen molar-refractivity contribution in [2.75, 3.05) is 0 Å². The molecule has 66 valence electrons. The van der Waals surface area contributed by atoms with Gasteiger partial charge in [0.1, 0.15) is 5.82 Å². The third-order valence-electron chi connectivity index (χ3n) is 1.59. The number of thiazole rings is 1. The lowest BCUT2D eigenvalue weighted by molar-refractivity contribution is 0.622. The zero-order valence-corrected chi connectivity index (χ0v) is 7.59. The summed E-state index contributed by atoms with van der Waals surface area (Å²) in [6.45, 7) is 0. The fraction of sp³-hybridized carbons (Fsp3) is 0.111. The van der Waals surface area contributed by atoms with Crippen molar-refractivity contribution >= 4 is 11.3 Å². The number of hydrogen-bond donors (Lipinski definition) is 0. The zero-order valence-electron chi connectivity index (χ0n) is 6.77. The monoisotopic (exact) mass is 194 g/mol. The van der Waals surface area contributed by atoms with Crippen molar-refractivity contribution in [3.8, 4) is 0 Å². The second-order valence-electron chi connectivity index (χ2n) is 2.57. The highest BCUT2D eigenvalue weighted by molar-refractivity contribution is 7.09. The van der Waals surface area contributed by atoms with Gasteiger partial charge in [-0.25, -0.2) is 9.37 Å². The number of pyridine rings is 1. The number of rotatable bonds is 2. The topological polar surface area (TPSA) is 25.8 Å². The van der Waals surface area contributed by atoms with Gasteiger partial charge < -0.3 is 0 Å². The number of hydrogen-bond acceptors (Lipinski definition) is 3. The minimum Gasteiger partial charge on any atom is -0.261 e. The third kappa shape index (κ3) is 2.09. The summed E-state index contributed by atoms with van der Waals surface area (Å²) in [7, 11) is 0. The quantitative estimate of drug-likeness (QED) is 0.732. The van der Waals surface area contributed by atoms with Crippen LogP contribution in [-0.4, -0.2) is 9.97 Å². The molecular weight excluding hydrogens is 187 g/mol. The Morgan fingerprint density at radius 3 is 2.92 bits per heavy atom. The van der Waals surface area contributed by atoms with Gasteiger partial charge in [-0.05, 0) is 12.1 Å². The van der Waals surface area contributed by atoms with E-state index in [1.165, 1.54) is 18.3 Å². The van der Waals surface area contributed by atoms with Crippen LogP contribution in [0.25, 0.3) is 0 Å². The lowest BCUT2D eigenvalue weighted by Gasteiger charge is -1.95. The Bertz CT molecular complexity index is 386. The SMILES string of the molecule is Fc1ccnc(Cc2nccs2)c1. The minimum absolute atomic E-state index is 0.249. The van der Waals surface area contributed by atoms with Gasteiger partial charge in [-0.3, -0.25) is 4.98 Å². The molecule has 0 spiro atoms. The highest BCUT2D eigenvalue weighted by Gasteiger charge is 2.00. The normalized spacial score (nSPS) is 10.2. The van der Waals surface area contributed by atoms with Crippen LogP contribution in [0.15, 0.2) is 29.9 Å². The minimum atomic E-state index is -0.249. The van der Waals surface area contributed by atoms with E-state index in [4.69, 9.17) is 0 Å². The van der Waals surface area contributed by atoms with E-state index in [1.54, 1.807) is 17.5 Å². The first-order valence-corrected chi connectivity index (χ1v) is 4.71. The molecule has 2 nitrogen and oxygen atoms in total. The fourth-order valence-corrected chi connectivity index (χ4v) is 1.67. The molecule has 13 heavy (non-hydrogen) atoms. The summed E-state index contributed by atoms with van der Waals surface area (Å²) in [5, 5.41) is 2.85. The Labute approximate surface area is 79.1 Å². The molecule has 0 aliphatic rings. The number of nitrogens with zero attached hydrogens (tertiary/aromatic N) is 2. The predicted octanol–water partition coefficient (Wildman–Crippen LogP) is 2.27. The molecule has 0 saturated carbocycles. The molecule has 0 bridgehead atoms. The van der Waals surface area contributed by atoms with E-state index in [-0.39, 0.29) is 5.82 Å². The largest absolute Gasteiger partial charge is 0.261 e. The molecule has 0 N–H and O–H groups in total. The van der Waals surface area contributed by atoms with Gasteiger partial charge in [0.2, 0.25) is 0 Å². The van der Waals surface area contributed by atoms with Crippen LogP contribution in [-0.2, 0) is 6.42 Å². The van der Waals surface area contributed by atoms with Gasteiger partial charge in [-0.2, -0.15) is 0 Å². The number of halogens is 1. The first-order valence-electron chi connectivity index (χ1n) is 3.83. The summed E-state index contributed by atoms with van der Waals surface area (Å²) in [6, 6.07) is 2.77. The molecule has 0 fully saturated rings. The van der Waals surface area contributed by atoms with Gasteiger partial charge in [-0.1, -0.05) is 0 Å². The summed E-state index contributed by atoms with van der Waals surface area (Å²) in [5.74, 6) is -0.249. The lowest BCUT2D eigenvalue weighted by atomic mass is 10.3. The van der Waals surface area contributed by atoms with Gasteiger partial charge in [0.25, 0.3) is 0 Å². The van der Waals surface area contributed by atoms with E-state index >= 15 is 0 Å². The number of aromatic nitrogens is 2. The lowest BCUT2D eigenvalue weighted by Crippen LogP contribution is -1.91. The van der Waals surface area contributed by atoms with Crippen molar-refractivity contribution in [1.29, 1.82) is 0 Å². The van der Waals surface area contributed by atoms with Gasteiger partial charge in [0, 0.05) is 24.2 Å². The van der Waals surface area contributed by atoms with Crippen LogP contribution in [0.1, 0.15) is 10.7 Å². The summed E-state index contributed by atoms with van der Waals surface area (Å²) in [4.78, 5) is 8.14. The molecular formula is C9H7FN2S. The van der Waals surface area contributed by atoms with E-state index in [1.807, 2.05) is 5.38 Å². The molecule has 0 saturated heterocycles. The second-order valence-corrected chi connectivity index (χ2v) is 3.55. The molecule has 2 rings (SSSR count). The van der Waals surface area contributed by atoms with Crippen LogP contribution in [0.5, 0.6) is 0 Å². The van der Waals surface area contributed by atoms with Crippen molar-refractivity contribution in [3.05, 3.63) is 46.4 Å². The van der Waals surface area contributed by atoms with Crippen LogP contribution in [0.4, 0.5) is 4.39 Å². The Balaban J connectivity index is 2.19.